The van der Waals surface area contributed by atoms with Crippen molar-refractivity contribution < 1.29 is 14.3 Å². The summed E-state index contributed by atoms with van der Waals surface area (Å²) >= 11 is 6.32. The largest absolute Gasteiger partial charge is 0.447 e. The number of hydrogen-bond acceptors (Lipinski definition) is 8. The van der Waals surface area contributed by atoms with Gasteiger partial charge in [-0.15, -0.1) is 5.10 Å². The van der Waals surface area contributed by atoms with E-state index in [2.05, 4.69) is 30.8 Å². The van der Waals surface area contributed by atoms with Crippen LogP contribution in [-0.2, 0) is 15.9 Å². The van der Waals surface area contributed by atoms with Crippen molar-refractivity contribution in [1.82, 2.24) is 34.7 Å². The number of tetrazole rings is 1. The Kier molecular flexibility index (Phi) is 7.80. The summed E-state index contributed by atoms with van der Waals surface area (Å²) in [7, 11) is 0. The lowest BCUT2D eigenvalue weighted by Gasteiger charge is -2.15. The third-order valence-electron chi connectivity index (χ3n) is 7.02. The zero-order chi connectivity index (χ0) is 29.1. The molecule has 4 heterocycles. The highest BCUT2D eigenvalue weighted by Gasteiger charge is 2.28. The van der Waals surface area contributed by atoms with Crippen LogP contribution in [0.25, 0.3) is 28.1 Å². The maximum Gasteiger partial charge on any atom is 0.411 e. The van der Waals surface area contributed by atoms with Crippen LogP contribution in [0.15, 0.2) is 71.9 Å². The van der Waals surface area contributed by atoms with Gasteiger partial charge < -0.3 is 19.0 Å². The number of anilines is 1. The van der Waals surface area contributed by atoms with Gasteiger partial charge in [0.1, 0.15) is 18.8 Å². The number of nitrogens with one attached hydrogen (secondary N) is 2. The quantitative estimate of drug-likeness (QED) is 0.238. The van der Waals surface area contributed by atoms with E-state index in [9.17, 15) is 9.59 Å². The number of aryl methyl sites for hydroxylation is 1. The van der Waals surface area contributed by atoms with Crippen LogP contribution >= 0.6 is 11.6 Å². The van der Waals surface area contributed by atoms with Crippen molar-refractivity contribution in [3.8, 4) is 28.1 Å². The van der Waals surface area contributed by atoms with Crippen LogP contribution in [0.3, 0.4) is 0 Å². The first kappa shape index (κ1) is 27.4. The van der Waals surface area contributed by atoms with Crippen LogP contribution in [0.1, 0.15) is 30.9 Å². The maximum absolute atomic E-state index is 13.5. The molecule has 6 rings (SSSR count). The van der Waals surface area contributed by atoms with Gasteiger partial charge in [0.15, 0.2) is 0 Å². The summed E-state index contributed by atoms with van der Waals surface area (Å²) in [5, 5.41) is 14.7. The SMILES string of the molecule is CCOCCOC(=O)Nc1ccc(-c2cnc([C@@H]3CCc4cc(-c5cc(Cl)ccc5-n5cnnn5)cc(=O)n43)[nH]2)cc1. The van der Waals surface area contributed by atoms with E-state index in [1.165, 1.54) is 6.33 Å². The minimum absolute atomic E-state index is 0.130. The maximum atomic E-state index is 13.5. The Balaban J connectivity index is 1.20. The smallest absolute Gasteiger partial charge is 0.411 e. The monoisotopic (exact) mass is 586 g/mol. The lowest BCUT2D eigenvalue weighted by atomic mass is 10.0. The van der Waals surface area contributed by atoms with Gasteiger partial charge in [0.2, 0.25) is 0 Å². The lowest BCUT2D eigenvalue weighted by molar-refractivity contribution is 0.0850. The van der Waals surface area contributed by atoms with Crippen LogP contribution in [-0.4, -0.2) is 60.7 Å². The van der Waals surface area contributed by atoms with Gasteiger partial charge in [-0.25, -0.2) is 9.78 Å². The molecule has 0 unspecified atom stereocenters. The first-order chi connectivity index (χ1) is 20.5. The molecule has 214 valence electrons. The number of hydrogen-bond donors (Lipinski definition) is 2. The molecule has 0 spiro atoms. The number of carbonyl (C=O) groups excluding carboxylic acids is 1. The van der Waals surface area contributed by atoms with Crippen molar-refractivity contribution in [3.05, 3.63) is 94.0 Å². The Morgan fingerprint density at radius 3 is 2.76 bits per heavy atom. The van der Waals surface area contributed by atoms with Crippen molar-refractivity contribution in [3.63, 3.8) is 0 Å². The third kappa shape index (κ3) is 5.67. The number of ether oxygens (including phenoxy) is 2. The van der Waals surface area contributed by atoms with Crippen molar-refractivity contribution in [1.29, 1.82) is 0 Å². The molecule has 0 fully saturated rings. The summed E-state index contributed by atoms with van der Waals surface area (Å²) in [6.45, 7) is 2.99. The fourth-order valence-corrected chi connectivity index (χ4v) is 5.27. The number of rotatable bonds is 9. The molecule has 5 aromatic rings. The molecule has 1 aliphatic heterocycles. The zero-order valence-corrected chi connectivity index (χ0v) is 23.4. The lowest BCUT2D eigenvalue weighted by Crippen LogP contribution is -2.23. The van der Waals surface area contributed by atoms with Crippen LogP contribution in [0.5, 0.6) is 0 Å². The zero-order valence-electron chi connectivity index (χ0n) is 22.7. The van der Waals surface area contributed by atoms with E-state index in [1.54, 1.807) is 39.7 Å². The molecular weight excluding hydrogens is 560 g/mol. The van der Waals surface area contributed by atoms with E-state index in [0.29, 0.717) is 36.2 Å². The molecule has 1 aliphatic rings. The number of halogens is 1. The van der Waals surface area contributed by atoms with Crippen LogP contribution in [0.4, 0.5) is 10.5 Å². The molecule has 1 amide bonds. The number of fused-ring (bicyclic) bond motifs is 1. The van der Waals surface area contributed by atoms with E-state index >= 15 is 0 Å². The van der Waals surface area contributed by atoms with E-state index in [1.807, 2.05) is 37.3 Å². The summed E-state index contributed by atoms with van der Waals surface area (Å²) in [4.78, 5) is 33.4. The normalized spacial score (nSPS) is 14.1. The summed E-state index contributed by atoms with van der Waals surface area (Å²) in [5.41, 5.74) is 5.30. The molecule has 0 radical (unpaired) electrons. The van der Waals surface area contributed by atoms with Gasteiger partial charge in [0, 0.05) is 34.6 Å². The molecule has 2 aromatic carbocycles. The summed E-state index contributed by atoms with van der Waals surface area (Å²) in [6, 6.07) is 16.1. The van der Waals surface area contributed by atoms with Gasteiger partial charge in [-0.3, -0.25) is 10.1 Å². The Labute approximate surface area is 245 Å². The van der Waals surface area contributed by atoms with Crippen LogP contribution < -0.4 is 10.9 Å². The first-order valence-corrected chi connectivity index (χ1v) is 13.8. The number of aromatic amines is 1. The van der Waals surface area contributed by atoms with Crippen LogP contribution in [0, 0.1) is 0 Å². The van der Waals surface area contributed by atoms with Gasteiger partial charge >= 0.3 is 6.09 Å². The van der Waals surface area contributed by atoms with Crippen LogP contribution in [0.2, 0.25) is 5.02 Å². The molecule has 0 saturated carbocycles. The molecule has 1 atom stereocenters. The van der Waals surface area contributed by atoms with Crippen molar-refractivity contribution >= 4 is 23.4 Å². The number of nitrogens with zero attached hydrogens (tertiary/aromatic N) is 6. The fourth-order valence-electron chi connectivity index (χ4n) is 5.10. The highest BCUT2D eigenvalue weighted by molar-refractivity contribution is 6.31. The van der Waals surface area contributed by atoms with Crippen molar-refractivity contribution in [2.75, 3.05) is 25.1 Å². The molecule has 0 aliphatic carbocycles. The van der Waals surface area contributed by atoms with E-state index < -0.39 is 6.09 Å². The second-order valence-corrected chi connectivity index (χ2v) is 10.1. The highest BCUT2D eigenvalue weighted by atomic mass is 35.5. The van der Waals surface area contributed by atoms with Crippen molar-refractivity contribution in [2.45, 2.75) is 25.8 Å². The molecule has 0 bridgehead atoms. The second kappa shape index (κ2) is 12.0. The molecule has 3 aromatic heterocycles. The number of pyridine rings is 1. The third-order valence-corrected chi connectivity index (χ3v) is 7.25. The Bertz CT molecular complexity index is 1770. The minimum Gasteiger partial charge on any atom is -0.447 e. The molecular formula is C29H27ClN8O4. The highest BCUT2D eigenvalue weighted by Crippen LogP contribution is 2.34. The number of H-pyrrole nitrogens is 1. The van der Waals surface area contributed by atoms with Gasteiger partial charge in [-0.2, -0.15) is 4.68 Å². The fraction of sp³-hybridized carbons (Fsp3) is 0.241. The molecule has 13 heteroatoms. The topological polar surface area (TPSA) is 142 Å². The summed E-state index contributed by atoms with van der Waals surface area (Å²) in [5.74, 6) is 0.704. The average molecular weight is 587 g/mol. The van der Waals surface area contributed by atoms with Gasteiger partial charge in [0.05, 0.1) is 30.2 Å². The average Bonchev–Trinajstić information content (AvgIpc) is 3.77. The number of imidazole rings is 1. The second-order valence-electron chi connectivity index (χ2n) is 9.63. The summed E-state index contributed by atoms with van der Waals surface area (Å²) < 4.78 is 13.6. The first-order valence-electron chi connectivity index (χ1n) is 13.5. The predicted molar refractivity (Wildman–Crippen MR) is 156 cm³/mol. The number of benzene rings is 2. The van der Waals surface area contributed by atoms with E-state index in [0.717, 1.165) is 40.2 Å². The number of aromatic nitrogens is 7. The van der Waals surface area contributed by atoms with E-state index in [-0.39, 0.29) is 18.2 Å². The van der Waals surface area contributed by atoms with E-state index in [4.69, 9.17) is 21.1 Å². The Hall–Kier alpha value is -4.81. The molecule has 12 nitrogen and oxygen atoms in total. The van der Waals surface area contributed by atoms with Gasteiger partial charge in [-0.1, -0.05) is 23.7 Å². The number of carbonyl (C=O) groups is 1. The predicted octanol–water partition coefficient (Wildman–Crippen LogP) is 4.66. The van der Waals surface area contributed by atoms with Crippen molar-refractivity contribution in [2.24, 2.45) is 0 Å². The molecule has 2 N–H and O–H groups in total. The molecule has 0 saturated heterocycles. The van der Waals surface area contributed by atoms with Gasteiger partial charge in [0.25, 0.3) is 5.56 Å². The number of amides is 1. The minimum atomic E-state index is -0.540. The molecule has 42 heavy (non-hydrogen) atoms. The Morgan fingerprint density at radius 2 is 1.98 bits per heavy atom. The van der Waals surface area contributed by atoms with Gasteiger partial charge in [-0.05, 0) is 77.7 Å². The summed E-state index contributed by atoms with van der Waals surface area (Å²) in [6.07, 6.45) is 4.16. The standard InChI is InChI=1S/C29H27ClN8O4/c1-2-41-11-12-42-29(40)33-21-6-3-18(4-7-21)24-16-31-28(34-24)26-10-8-22-13-19(14-27(39)38(22)26)23-15-20(30)5-9-25(23)37-17-32-35-36-37/h3-7,9,13-17,26H,2,8,10-12H2,1H3,(H,31,34)(H,33,40)/t26-/m0/s1. The Morgan fingerprint density at radius 1 is 1.12 bits per heavy atom.